The van der Waals surface area contributed by atoms with Gasteiger partial charge < -0.3 is 15.2 Å². The minimum atomic E-state index is -0.722. The van der Waals surface area contributed by atoms with Crippen molar-refractivity contribution in [3.63, 3.8) is 0 Å². The van der Waals surface area contributed by atoms with Crippen LogP contribution >= 0.6 is 15.9 Å². The van der Waals surface area contributed by atoms with Crippen molar-refractivity contribution in [3.8, 4) is 0 Å². The first kappa shape index (κ1) is 13.5. The molecule has 1 aromatic carbocycles. The maximum Gasteiger partial charge on any atom is 0.307 e. The number of carboxylic acids is 1. The molecule has 2 unspecified atom stereocenters. The number of hydrogen-bond donors (Lipinski definition) is 2. The summed E-state index contributed by atoms with van der Waals surface area (Å²) >= 11 is 3.52. The first-order valence-corrected chi connectivity index (χ1v) is 6.64. The molecule has 0 spiro atoms. The van der Waals surface area contributed by atoms with E-state index < -0.39 is 5.97 Å². The SMILES string of the molecule is COCc1ccc(C2CC(C(=O)O)CN2)cc1Br. The van der Waals surface area contributed by atoms with Gasteiger partial charge in [-0.3, -0.25) is 4.79 Å². The normalized spacial score (nSPS) is 23.2. The smallest absolute Gasteiger partial charge is 0.307 e. The highest BCUT2D eigenvalue weighted by Gasteiger charge is 2.30. The van der Waals surface area contributed by atoms with Gasteiger partial charge in [0.05, 0.1) is 12.5 Å². The Bertz CT molecular complexity index is 450. The lowest BCUT2D eigenvalue weighted by Crippen LogP contribution is -2.17. The van der Waals surface area contributed by atoms with Crippen molar-refractivity contribution in [3.05, 3.63) is 33.8 Å². The fraction of sp³-hybridized carbons (Fsp3) is 0.462. The highest BCUT2D eigenvalue weighted by molar-refractivity contribution is 9.10. The van der Waals surface area contributed by atoms with Crippen molar-refractivity contribution >= 4 is 21.9 Å². The summed E-state index contributed by atoms with van der Waals surface area (Å²) in [6.07, 6.45) is 0.644. The van der Waals surface area contributed by atoms with E-state index in [1.807, 2.05) is 18.2 Å². The third kappa shape index (κ3) is 2.91. The molecule has 1 aliphatic rings. The van der Waals surface area contributed by atoms with Crippen molar-refractivity contribution in [2.75, 3.05) is 13.7 Å². The molecule has 0 saturated carbocycles. The van der Waals surface area contributed by atoms with Crippen LogP contribution in [0.4, 0.5) is 0 Å². The average Bonchev–Trinajstić information content (AvgIpc) is 2.81. The number of halogens is 1. The van der Waals surface area contributed by atoms with E-state index >= 15 is 0 Å². The molecule has 0 bridgehead atoms. The molecular weight excluding hydrogens is 298 g/mol. The standard InChI is InChI=1S/C13H16BrNO3/c1-18-7-9-3-2-8(4-11(9)14)12-5-10(6-15-12)13(16)17/h2-4,10,12,15H,5-7H2,1H3,(H,16,17). The van der Waals surface area contributed by atoms with E-state index in [9.17, 15) is 4.79 Å². The molecule has 0 aliphatic carbocycles. The second-order valence-electron chi connectivity index (χ2n) is 4.52. The first-order chi connectivity index (χ1) is 8.61. The third-order valence-electron chi connectivity index (χ3n) is 3.26. The van der Waals surface area contributed by atoms with Gasteiger partial charge in [0.15, 0.2) is 0 Å². The zero-order valence-corrected chi connectivity index (χ0v) is 11.7. The van der Waals surface area contributed by atoms with Gasteiger partial charge in [0, 0.05) is 24.2 Å². The lowest BCUT2D eigenvalue weighted by molar-refractivity contribution is -0.141. The van der Waals surface area contributed by atoms with Crippen LogP contribution in [-0.4, -0.2) is 24.7 Å². The molecule has 2 rings (SSSR count). The van der Waals surface area contributed by atoms with E-state index in [2.05, 4.69) is 21.2 Å². The van der Waals surface area contributed by atoms with Crippen LogP contribution in [0.25, 0.3) is 0 Å². The van der Waals surface area contributed by atoms with E-state index in [1.54, 1.807) is 7.11 Å². The third-order valence-corrected chi connectivity index (χ3v) is 4.00. The molecule has 18 heavy (non-hydrogen) atoms. The van der Waals surface area contributed by atoms with Gasteiger partial charge in [0.25, 0.3) is 0 Å². The summed E-state index contributed by atoms with van der Waals surface area (Å²) in [5, 5.41) is 12.2. The maximum atomic E-state index is 10.9. The van der Waals surface area contributed by atoms with Gasteiger partial charge in [-0.15, -0.1) is 0 Å². The summed E-state index contributed by atoms with van der Waals surface area (Å²) in [4.78, 5) is 10.9. The quantitative estimate of drug-likeness (QED) is 0.895. The number of methoxy groups -OCH3 is 1. The van der Waals surface area contributed by atoms with Crippen molar-refractivity contribution in [1.29, 1.82) is 0 Å². The second-order valence-corrected chi connectivity index (χ2v) is 5.37. The molecule has 1 aliphatic heterocycles. The number of carboxylic acid groups (broad SMARTS) is 1. The average molecular weight is 314 g/mol. The summed E-state index contributed by atoms with van der Waals surface area (Å²) < 4.78 is 6.10. The minimum Gasteiger partial charge on any atom is -0.481 e. The lowest BCUT2D eigenvalue weighted by atomic mass is 9.99. The molecule has 1 aromatic rings. The van der Waals surface area contributed by atoms with E-state index in [0.717, 1.165) is 15.6 Å². The molecule has 1 saturated heterocycles. The Labute approximate surface area is 114 Å². The monoisotopic (exact) mass is 313 g/mol. The zero-order chi connectivity index (χ0) is 13.1. The molecule has 4 nitrogen and oxygen atoms in total. The van der Waals surface area contributed by atoms with Gasteiger partial charge in [-0.05, 0) is 23.6 Å². The summed E-state index contributed by atoms with van der Waals surface area (Å²) in [5.41, 5.74) is 2.21. The zero-order valence-electron chi connectivity index (χ0n) is 10.1. The number of benzene rings is 1. The van der Waals surface area contributed by atoms with Crippen molar-refractivity contribution in [2.45, 2.75) is 19.1 Å². The predicted octanol–water partition coefficient (Wildman–Crippen LogP) is 2.33. The van der Waals surface area contributed by atoms with Crippen molar-refractivity contribution < 1.29 is 14.6 Å². The highest BCUT2D eigenvalue weighted by Crippen LogP contribution is 2.30. The van der Waals surface area contributed by atoms with Crippen molar-refractivity contribution in [2.24, 2.45) is 5.92 Å². The van der Waals surface area contributed by atoms with Crippen LogP contribution in [0.3, 0.4) is 0 Å². The highest BCUT2D eigenvalue weighted by atomic mass is 79.9. The Morgan fingerprint density at radius 1 is 1.61 bits per heavy atom. The fourth-order valence-electron chi connectivity index (χ4n) is 2.23. The number of aliphatic carboxylic acids is 1. The Hall–Kier alpha value is -0.910. The second kappa shape index (κ2) is 5.82. The minimum absolute atomic E-state index is 0.124. The fourth-order valence-corrected chi connectivity index (χ4v) is 2.74. The molecule has 1 fully saturated rings. The van der Waals surface area contributed by atoms with Crippen LogP contribution in [0, 0.1) is 5.92 Å². The van der Waals surface area contributed by atoms with Crippen LogP contribution in [0.2, 0.25) is 0 Å². The van der Waals surface area contributed by atoms with E-state index in [0.29, 0.717) is 19.6 Å². The first-order valence-electron chi connectivity index (χ1n) is 5.85. The van der Waals surface area contributed by atoms with Crippen LogP contribution in [-0.2, 0) is 16.1 Å². The summed E-state index contributed by atoms with van der Waals surface area (Å²) in [7, 11) is 1.66. The summed E-state index contributed by atoms with van der Waals surface area (Å²) in [5.74, 6) is -1.01. The summed E-state index contributed by atoms with van der Waals surface area (Å²) in [6, 6.07) is 6.20. The van der Waals surface area contributed by atoms with Crippen LogP contribution < -0.4 is 5.32 Å². The van der Waals surface area contributed by atoms with Crippen LogP contribution in [0.5, 0.6) is 0 Å². The van der Waals surface area contributed by atoms with Crippen LogP contribution in [0.15, 0.2) is 22.7 Å². The van der Waals surface area contributed by atoms with E-state index in [-0.39, 0.29) is 12.0 Å². The Morgan fingerprint density at radius 2 is 2.39 bits per heavy atom. The van der Waals surface area contributed by atoms with Gasteiger partial charge >= 0.3 is 5.97 Å². The molecule has 0 aromatic heterocycles. The Balaban J connectivity index is 2.11. The Kier molecular flexibility index (Phi) is 4.37. The Morgan fingerprint density at radius 3 is 2.94 bits per heavy atom. The summed E-state index contributed by atoms with van der Waals surface area (Å²) in [6.45, 7) is 1.11. The topological polar surface area (TPSA) is 58.6 Å². The molecule has 1 heterocycles. The van der Waals surface area contributed by atoms with E-state index in [1.165, 1.54) is 0 Å². The van der Waals surface area contributed by atoms with Gasteiger partial charge in [-0.2, -0.15) is 0 Å². The van der Waals surface area contributed by atoms with Gasteiger partial charge in [-0.25, -0.2) is 0 Å². The van der Waals surface area contributed by atoms with Crippen LogP contribution in [0.1, 0.15) is 23.6 Å². The number of nitrogens with one attached hydrogen (secondary N) is 1. The number of rotatable bonds is 4. The molecule has 2 N–H and O–H groups in total. The molecule has 2 atom stereocenters. The maximum absolute atomic E-state index is 10.9. The van der Waals surface area contributed by atoms with Crippen molar-refractivity contribution in [1.82, 2.24) is 5.32 Å². The number of ether oxygens (including phenoxy) is 1. The molecule has 98 valence electrons. The lowest BCUT2D eigenvalue weighted by Gasteiger charge is -2.13. The molecule has 0 radical (unpaired) electrons. The van der Waals surface area contributed by atoms with Gasteiger partial charge in [-0.1, -0.05) is 28.1 Å². The van der Waals surface area contributed by atoms with Gasteiger partial charge in [0.2, 0.25) is 0 Å². The largest absolute Gasteiger partial charge is 0.481 e. The molecule has 5 heteroatoms. The number of carbonyl (C=O) groups is 1. The molecule has 0 amide bonds. The molecular formula is C13H16BrNO3. The van der Waals surface area contributed by atoms with Gasteiger partial charge in [0.1, 0.15) is 0 Å². The number of hydrogen-bond acceptors (Lipinski definition) is 3. The van der Waals surface area contributed by atoms with E-state index in [4.69, 9.17) is 9.84 Å². The predicted molar refractivity (Wildman–Crippen MR) is 71.3 cm³/mol.